The van der Waals surface area contributed by atoms with E-state index in [0.29, 0.717) is 12.2 Å². The van der Waals surface area contributed by atoms with Gasteiger partial charge in [0.05, 0.1) is 12.5 Å². The quantitative estimate of drug-likeness (QED) is 0.836. The summed E-state index contributed by atoms with van der Waals surface area (Å²) in [6.45, 7) is 2.02. The standard InChI is InChI=1S/C14H18N4O2/c1-2-6-12(10-14(19)20)18-13(15-16-17-18)9-11-7-4-3-5-8-11/h3-5,7-8,12H,2,6,9-10H2,1H3,(H,19,20). The number of carbonyl (C=O) groups is 1. The SMILES string of the molecule is CCCC(CC(=O)O)n1nnnc1Cc1ccccc1. The minimum atomic E-state index is -0.829. The van der Waals surface area contributed by atoms with Gasteiger partial charge < -0.3 is 5.11 Å². The lowest BCUT2D eigenvalue weighted by Crippen LogP contribution is -2.18. The lowest BCUT2D eigenvalue weighted by atomic mass is 10.1. The number of benzene rings is 1. The molecule has 0 amide bonds. The third-order valence-electron chi connectivity index (χ3n) is 3.14. The van der Waals surface area contributed by atoms with Gasteiger partial charge in [0.2, 0.25) is 0 Å². The average Bonchev–Trinajstić information content (AvgIpc) is 2.87. The first kappa shape index (κ1) is 14.2. The molecule has 20 heavy (non-hydrogen) atoms. The summed E-state index contributed by atoms with van der Waals surface area (Å²) in [6, 6.07) is 9.70. The molecule has 6 nitrogen and oxygen atoms in total. The minimum Gasteiger partial charge on any atom is -0.481 e. The first-order valence-corrected chi connectivity index (χ1v) is 6.73. The fourth-order valence-corrected chi connectivity index (χ4v) is 2.24. The molecule has 0 aliphatic rings. The maximum absolute atomic E-state index is 11.0. The molecular formula is C14H18N4O2. The predicted molar refractivity (Wildman–Crippen MR) is 73.3 cm³/mol. The highest BCUT2D eigenvalue weighted by Crippen LogP contribution is 2.19. The molecule has 0 saturated carbocycles. The highest BCUT2D eigenvalue weighted by atomic mass is 16.4. The van der Waals surface area contributed by atoms with Gasteiger partial charge in [-0.05, 0) is 22.4 Å². The zero-order valence-corrected chi connectivity index (χ0v) is 11.4. The maximum atomic E-state index is 11.0. The van der Waals surface area contributed by atoms with Gasteiger partial charge in [-0.1, -0.05) is 43.7 Å². The number of carboxylic acid groups (broad SMARTS) is 1. The van der Waals surface area contributed by atoms with Crippen molar-refractivity contribution in [3.8, 4) is 0 Å². The Morgan fingerprint density at radius 3 is 2.75 bits per heavy atom. The summed E-state index contributed by atoms with van der Waals surface area (Å²) in [5, 5.41) is 20.7. The summed E-state index contributed by atoms with van der Waals surface area (Å²) in [5.74, 6) is -0.125. The van der Waals surface area contributed by atoms with Crippen molar-refractivity contribution in [2.75, 3.05) is 0 Å². The van der Waals surface area contributed by atoms with Crippen LogP contribution in [-0.2, 0) is 11.2 Å². The van der Waals surface area contributed by atoms with Gasteiger partial charge in [-0.2, -0.15) is 0 Å². The van der Waals surface area contributed by atoms with Crippen LogP contribution in [0.5, 0.6) is 0 Å². The van der Waals surface area contributed by atoms with Crippen LogP contribution >= 0.6 is 0 Å². The zero-order chi connectivity index (χ0) is 14.4. The zero-order valence-electron chi connectivity index (χ0n) is 11.4. The van der Waals surface area contributed by atoms with Crippen LogP contribution in [0.3, 0.4) is 0 Å². The van der Waals surface area contributed by atoms with Crippen molar-refractivity contribution >= 4 is 5.97 Å². The number of aromatic nitrogens is 4. The molecule has 0 bridgehead atoms. The van der Waals surface area contributed by atoms with Gasteiger partial charge >= 0.3 is 5.97 Å². The normalized spacial score (nSPS) is 12.2. The summed E-state index contributed by atoms with van der Waals surface area (Å²) < 4.78 is 1.66. The molecule has 6 heteroatoms. The van der Waals surface area contributed by atoms with Gasteiger partial charge in [-0.3, -0.25) is 4.79 Å². The highest BCUT2D eigenvalue weighted by Gasteiger charge is 2.19. The minimum absolute atomic E-state index is 0.0423. The van der Waals surface area contributed by atoms with Crippen LogP contribution in [0.2, 0.25) is 0 Å². The summed E-state index contributed by atoms with van der Waals surface area (Å²) in [5.41, 5.74) is 1.11. The van der Waals surface area contributed by atoms with Crippen molar-refractivity contribution in [2.24, 2.45) is 0 Å². The Kier molecular flexibility index (Phi) is 4.81. The molecule has 1 aromatic carbocycles. The molecule has 1 atom stereocenters. The summed E-state index contributed by atoms with van der Waals surface area (Å²) in [4.78, 5) is 11.0. The second-order valence-corrected chi connectivity index (χ2v) is 4.74. The second-order valence-electron chi connectivity index (χ2n) is 4.74. The number of carboxylic acids is 1. The Morgan fingerprint density at radius 2 is 2.10 bits per heavy atom. The Morgan fingerprint density at radius 1 is 1.35 bits per heavy atom. The molecule has 0 saturated heterocycles. The first-order chi connectivity index (χ1) is 9.70. The number of nitrogens with zero attached hydrogens (tertiary/aromatic N) is 4. The van der Waals surface area contributed by atoms with E-state index < -0.39 is 5.97 Å². The average molecular weight is 274 g/mol. The molecule has 106 valence electrons. The fraction of sp³-hybridized carbons (Fsp3) is 0.429. The van der Waals surface area contributed by atoms with E-state index in [1.165, 1.54) is 0 Å². The molecule has 0 spiro atoms. The molecule has 1 N–H and O–H groups in total. The van der Waals surface area contributed by atoms with Crippen molar-refractivity contribution in [3.05, 3.63) is 41.7 Å². The Labute approximate surface area is 117 Å². The van der Waals surface area contributed by atoms with Crippen molar-refractivity contribution < 1.29 is 9.90 Å². The van der Waals surface area contributed by atoms with Crippen molar-refractivity contribution in [3.63, 3.8) is 0 Å². The van der Waals surface area contributed by atoms with Crippen LogP contribution in [0, 0.1) is 0 Å². The number of hydrogen-bond acceptors (Lipinski definition) is 4. The third-order valence-corrected chi connectivity index (χ3v) is 3.14. The summed E-state index contributed by atoms with van der Waals surface area (Å²) in [6.07, 6.45) is 2.29. The molecule has 1 heterocycles. The van der Waals surface area contributed by atoms with Crippen LogP contribution in [0.1, 0.15) is 43.6 Å². The van der Waals surface area contributed by atoms with E-state index in [-0.39, 0.29) is 12.5 Å². The van der Waals surface area contributed by atoms with Crippen LogP contribution in [0.25, 0.3) is 0 Å². The lowest BCUT2D eigenvalue weighted by molar-refractivity contribution is -0.138. The maximum Gasteiger partial charge on any atom is 0.305 e. The predicted octanol–water partition coefficient (Wildman–Crippen LogP) is 2.08. The van der Waals surface area contributed by atoms with Gasteiger partial charge in [0.15, 0.2) is 5.82 Å². The van der Waals surface area contributed by atoms with E-state index in [2.05, 4.69) is 15.5 Å². The number of aliphatic carboxylic acids is 1. The topological polar surface area (TPSA) is 80.9 Å². The molecular weight excluding hydrogens is 256 g/mol. The Balaban J connectivity index is 2.19. The van der Waals surface area contributed by atoms with Crippen LogP contribution in [-0.4, -0.2) is 31.3 Å². The molecule has 2 rings (SSSR count). The third kappa shape index (κ3) is 3.63. The number of rotatable bonds is 7. The molecule has 2 aromatic rings. The van der Waals surface area contributed by atoms with E-state index in [1.54, 1.807) is 4.68 Å². The van der Waals surface area contributed by atoms with Gasteiger partial charge in [0.1, 0.15) is 0 Å². The largest absolute Gasteiger partial charge is 0.481 e. The fourth-order valence-electron chi connectivity index (χ4n) is 2.24. The number of tetrazole rings is 1. The van der Waals surface area contributed by atoms with Gasteiger partial charge in [0, 0.05) is 6.42 Å². The molecule has 1 aromatic heterocycles. The summed E-state index contributed by atoms with van der Waals surface area (Å²) >= 11 is 0. The monoisotopic (exact) mass is 274 g/mol. The molecule has 0 fully saturated rings. The highest BCUT2D eigenvalue weighted by molar-refractivity contribution is 5.67. The van der Waals surface area contributed by atoms with Crippen LogP contribution < -0.4 is 0 Å². The van der Waals surface area contributed by atoms with Crippen LogP contribution in [0.15, 0.2) is 30.3 Å². The smallest absolute Gasteiger partial charge is 0.305 e. The summed E-state index contributed by atoms with van der Waals surface area (Å²) in [7, 11) is 0. The van der Waals surface area contributed by atoms with E-state index in [0.717, 1.165) is 18.4 Å². The van der Waals surface area contributed by atoms with Gasteiger partial charge in [-0.15, -0.1) is 5.10 Å². The first-order valence-electron chi connectivity index (χ1n) is 6.73. The lowest BCUT2D eigenvalue weighted by Gasteiger charge is -2.15. The second kappa shape index (κ2) is 6.79. The molecule has 0 aliphatic carbocycles. The van der Waals surface area contributed by atoms with Gasteiger partial charge in [0.25, 0.3) is 0 Å². The van der Waals surface area contributed by atoms with Crippen LogP contribution in [0.4, 0.5) is 0 Å². The molecule has 0 radical (unpaired) electrons. The van der Waals surface area contributed by atoms with E-state index >= 15 is 0 Å². The Hall–Kier alpha value is -2.24. The Bertz CT molecular complexity index is 553. The van der Waals surface area contributed by atoms with E-state index in [1.807, 2.05) is 37.3 Å². The number of hydrogen-bond donors (Lipinski definition) is 1. The molecule has 0 aliphatic heterocycles. The van der Waals surface area contributed by atoms with E-state index in [9.17, 15) is 4.79 Å². The van der Waals surface area contributed by atoms with Gasteiger partial charge in [-0.25, -0.2) is 4.68 Å². The van der Waals surface area contributed by atoms with Crippen molar-refractivity contribution in [1.82, 2.24) is 20.2 Å². The van der Waals surface area contributed by atoms with Crippen molar-refractivity contribution in [1.29, 1.82) is 0 Å². The molecule has 1 unspecified atom stereocenters. The van der Waals surface area contributed by atoms with Crippen molar-refractivity contribution in [2.45, 2.75) is 38.6 Å². The van der Waals surface area contributed by atoms with E-state index in [4.69, 9.17) is 5.11 Å².